The van der Waals surface area contributed by atoms with Crippen LogP contribution in [-0.4, -0.2) is 11.2 Å². The van der Waals surface area contributed by atoms with E-state index in [1.807, 2.05) is 0 Å². The molecule has 106 valence electrons. The fraction of sp³-hybridized carbons (Fsp3) is 0.765. The number of aliphatic hydroxyl groups is 1. The number of hydrogen-bond acceptors (Lipinski definition) is 1. The van der Waals surface area contributed by atoms with Crippen LogP contribution in [0, 0.1) is 10.8 Å². The van der Waals surface area contributed by atoms with Gasteiger partial charge in [0.05, 0.1) is 6.10 Å². The first-order valence-electron chi connectivity index (χ1n) is 7.29. The first kappa shape index (κ1) is 17.4. The van der Waals surface area contributed by atoms with Gasteiger partial charge in [-0.05, 0) is 35.7 Å². The van der Waals surface area contributed by atoms with Gasteiger partial charge in [-0.3, -0.25) is 0 Å². The van der Waals surface area contributed by atoms with E-state index in [9.17, 15) is 5.11 Å². The molecule has 1 nitrogen and oxygen atoms in total. The van der Waals surface area contributed by atoms with Crippen LogP contribution in [0.2, 0.25) is 0 Å². The molecular formula is C17H32O. The molecule has 0 aromatic rings. The summed E-state index contributed by atoms with van der Waals surface area (Å²) in [6, 6.07) is 0. The molecule has 0 radical (unpaired) electrons. The molecule has 18 heavy (non-hydrogen) atoms. The van der Waals surface area contributed by atoms with Gasteiger partial charge in [0, 0.05) is 0 Å². The largest absolute Gasteiger partial charge is 0.393 e. The van der Waals surface area contributed by atoms with Gasteiger partial charge in [-0.1, -0.05) is 66.7 Å². The highest BCUT2D eigenvalue weighted by Gasteiger charge is 2.49. The van der Waals surface area contributed by atoms with Crippen molar-refractivity contribution in [2.75, 3.05) is 0 Å². The first-order chi connectivity index (χ1) is 8.25. The molecular weight excluding hydrogens is 220 g/mol. The van der Waals surface area contributed by atoms with Crippen molar-refractivity contribution in [1.29, 1.82) is 0 Å². The van der Waals surface area contributed by atoms with Gasteiger partial charge < -0.3 is 5.11 Å². The lowest BCUT2D eigenvalue weighted by Gasteiger charge is -2.39. The van der Waals surface area contributed by atoms with Crippen molar-refractivity contribution in [2.24, 2.45) is 10.8 Å². The second-order valence-corrected chi connectivity index (χ2v) is 6.32. The summed E-state index contributed by atoms with van der Waals surface area (Å²) in [7, 11) is 0. The van der Waals surface area contributed by atoms with Crippen LogP contribution in [0.15, 0.2) is 24.3 Å². The highest BCUT2D eigenvalue weighted by molar-refractivity contribution is 5.28. The Morgan fingerprint density at radius 2 is 1.72 bits per heavy atom. The summed E-state index contributed by atoms with van der Waals surface area (Å²) < 4.78 is 0. The van der Waals surface area contributed by atoms with Gasteiger partial charge in [0.2, 0.25) is 0 Å². The van der Waals surface area contributed by atoms with Crippen LogP contribution in [0.25, 0.3) is 0 Å². The monoisotopic (exact) mass is 252 g/mol. The number of allylic oxidation sites excluding steroid dienone is 3. The summed E-state index contributed by atoms with van der Waals surface area (Å²) in [4.78, 5) is 0. The highest BCUT2D eigenvalue weighted by atomic mass is 16.3. The third kappa shape index (κ3) is 3.98. The quantitative estimate of drug-likeness (QED) is 0.692. The Balaban J connectivity index is 0.000000873. The van der Waals surface area contributed by atoms with Gasteiger partial charge in [-0.2, -0.15) is 0 Å². The fourth-order valence-electron chi connectivity index (χ4n) is 2.64. The van der Waals surface area contributed by atoms with Crippen LogP contribution in [0.3, 0.4) is 0 Å². The number of rotatable bonds is 3. The third-order valence-electron chi connectivity index (χ3n) is 4.15. The van der Waals surface area contributed by atoms with Crippen molar-refractivity contribution in [2.45, 2.75) is 73.3 Å². The van der Waals surface area contributed by atoms with E-state index >= 15 is 0 Å². The van der Waals surface area contributed by atoms with Crippen LogP contribution in [0.4, 0.5) is 0 Å². The maximum absolute atomic E-state index is 9.81. The van der Waals surface area contributed by atoms with Crippen LogP contribution in [0.1, 0.15) is 67.2 Å². The van der Waals surface area contributed by atoms with Crippen LogP contribution < -0.4 is 0 Å². The van der Waals surface area contributed by atoms with Gasteiger partial charge >= 0.3 is 0 Å². The van der Waals surface area contributed by atoms with Gasteiger partial charge in [0.25, 0.3) is 0 Å². The molecule has 0 spiro atoms. The Hall–Kier alpha value is -0.560. The molecule has 0 saturated heterocycles. The van der Waals surface area contributed by atoms with E-state index in [2.05, 4.69) is 60.3 Å². The Kier molecular flexibility index (Phi) is 6.91. The van der Waals surface area contributed by atoms with Crippen LogP contribution >= 0.6 is 0 Å². The molecule has 1 rings (SSSR count). The summed E-state index contributed by atoms with van der Waals surface area (Å²) in [5.74, 6) is 0. The lowest BCUT2D eigenvalue weighted by atomic mass is 9.65. The van der Waals surface area contributed by atoms with Crippen molar-refractivity contribution < 1.29 is 5.11 Å². The number of aliphatic hydroxyl groups excluding tert-OH is 1. The average Bonchev–Trinajstić information content (AvgIpc) is 2.46. The van der Waals surface area contributed by atoms with Gasteiger partial charge in [0.1, 0.15) is 0 Å². The second-order valence-electron chi connectivity index (χ2n) is 6.32. The minimum atomic E-state index is -0.170. The third-order valence-corrected chi connectivity index (χ3v) is 4.15. The topological polar surface area (TPSA) is 20.2 Å². The summed E-state index contributed by atoms with van der Waals surface area (Å²) in [6.45, 7) is 17.2. The van der Waals surface area contributed by atoms with Crippen molar-refractivity contribution in [3.8, 4) is 0 Å². The molecule has 0 heterocycles. The zero-order chi connectivity index (χ0) is 14.4. The number of hydrogen-bond donors (Lipinski definition) is 1. The summed E-state index contributed by atoms with van der Waals surface area (Å²) in [6.07, 6.45) is 8.11. The zero-order valence-electron chi connectivity index (χ0n) is 13.2. The molecule has 0 amide bonds. The molecule has 0 aromatic carbocycles. The van der Waals surface area contributed by atoms with Crippen molar-refractivity contribution >= 4 is 0 Å². The Morgan fingerprint density at radius 1 is 1.22 bits per heavy atom. The van der Waals surface area contributed by atoms with E-state index in [0.29, 0.717) is 0 Å². The second kappa shape index (κ2) is 7.13. The molecule has 0 bridgehead atoms. The Bertz CT molecular complexity index is 288. The molecule has 2 atom stereocenters. The molecule has 1 fully saturated rings. The van der Waals surface area contributed by atoms with E-state index in [0.717, 1.165) is 24.8 Å². The molecule has 1 N–H and O–H groups in total. The predicted molar refractivity (Wildman–Crippen MR) is 81.7 cm³/mol. The van der Waals surface area contributed by atoms with E-state index in [4.69, 9.17) is 0 Å². The van der Waals surface area contributed by atoms with E-state index in [1.54, 1.807) is 0 Å². The molecule has 1 saturated carbocycles. The zero-order valence-corrected chi connectivity index (χ0v) is 13.2. The maximum Gasteiger partial charge on any atom is 0.0554 e. The standard InChI is InChI=1S/C14H24O.C3H8/c1-6-7-8-11(2)14(5)10-12(15)9-13(14,3)4;1-3-2/h7-8,12,15H,2,6,9-10H2,1,3-5H3;3H2,1-2H3/b8-7+;. The predicted octanol–water partition coefficient (Wildman–Crippen LogP) is 5.11. The van der Waals surface area contributed by atoms with Crippen molar-refractivity contribution in [3.05, 3.63) is 24.3 Å². The van der Waals surface area contributed by atoms with Crippen LogP contribution in [-0.2, 0) is 0 Å². The molecule has 1 aliphatic rings. The molecule has 1 heteroatoms. The van der Waals surface area contributed by atoms with E-state index in [-0.39, 0.29) is 16.9 Å². The van der Waals surface area contributed by atoms with Gasteiger partial charge in [-0.25, -0.2) is 0 Å². The molecule has 2 unspecified atom stereocenters. The summed E-state index contributed by atoms with van der Waals surface area (Å²) in [5.41, 5.74) is 1.34. The van der Waals surface area contributed by atoms with E-state index < -0.39 is 0 Å². The molecule has 1 aliphatic carbocycles. The maximum atomic E-state index is 9.81. The normalized spacial score (nSPS) is 30.1. The van der Waals surface area contributed by atoms with Gasteiger partial charge in [0.15, 0.2) is 0 Å². The Labute approximate surface area is 114 Å². The minimum Gasteiger partial charge on any atom is -0.393 e. The highest BCUT2D eigenvalue weighted by Crippen LogP contribution is 2.56. The molecule has 0 aromatic heterocycles. The fourth-order valence-corrected chi connectivity index (χ4v) is 2.64. The van der Waals surface area contributed by atoms with E-state index in [1.165, 1.54) is 6.42 Å². The lowest BCUT2D eigenvalue weighted by Crippen LogP contribution is -2.30. The summed E-state index contributed by atoms with van der Waals surface area (Å²) in [5, 5.41) is 9.81. The van der Waals surface area contributed by atoms with Crippen molar-refractivity contribution in [1.82, 2.24) is 0 Å². The summed E-state index contributed by atoms with van der Waals surface area (Å²) >= 11 is 0. The minimum absolute atomic E-state index is 0.0398. The average molecular weight is 252 g/mol. The van der Waals surface area contributed by atoms with Gasteiger partial charge in [-0.15, -0.1) is 0 Å². The molecule has 0 aliphatic heterocycles. The first-order valence-corrected chi connectivity index (χ1v) is 7.29. The Morgan fingerprint density at radius 3 is 2.06 bits per heavy atom. The SMILES string of the molecule is C=C(/C=C/CC)C1(C)CC(O)CC1(C)C.CCC. The lowest BCUT2D eigenvalue weighted by molar-refractivity contribution is 0.167. The van der Waals surface area contributed by atoms with Crippen molar-refractivity contribution in [3.63, 3.8) is 0 Å². The van der Waals surface area contributed by atoms with Crippen LogP contribution in [0.5, 0.6) is 0 Å². The smallest absolute Gasteiger partial charge is 0.0554 e.